The lowest BCUT2D eigenvalue weighted by molar-refractivity contribution is -0.112. The van der Waals surface area contributed by atoms with Crippen LogP contribution in [-0.2, 0) is 4.79 Å². The fourth-order valence-corrected chi connectivity index (χ4v) is 2.85. The molecule has 0 spiro atoms. The van der Waals surface area contributed by atoms with Crippen molar-refractivity contribution in [3.63, 3.8) is 0 Å². The number of fused-ring (bicyclic) bond motifs is 1. The molecule has 0 radical (unpaired) electrons. The van der Waals surface area contributed by atoms with Gasteiger partial charge in [0.05, 0.1) is 10.7 Å². The number of anilines is 1. The Balaban J connectivity index is 1.88. The second-order valence-electron chi connectivity index (χ2n) is 5.35. The number of nitriles is 1. The van der Waals surface area contributed by atoms with Gasteiger partial charge in [0.15, 0.2) is 0 Å². The van der Waals surface area contributed by atoms with E-state index in [1.165, 1.54) is 6.07 Å². The van der Waals surface area contributed by atoms with Crippen molar-refractivity contribution >= 4 is 51.6 Å². The summed E-state index contributed by atoms with van der Waals surface area (Å²) in [5.41, 5.74) is 1.16. The zero-order valence-corrected chi connectivity index (χ0v) is 14.5. The molecule has 3 aromatic carbocycles. The first-order chi connectivity index (χ1) is 12.1. The maximum atomic E-state index is 12.4. The van der Waals surface area contributed by atoms with Gasteiger partial charge in [-0.25, -0.2) is 0 Å². The predicted molar refractivity (Wildman–Crippen MR) is 103 cm³/mol. The number of carbonyl (C=O) groups excluding carboxylic acids is 1. The summed E-state index contributed by atoms with van der Waals surface area (Å²) in [6.45, 7) is 0. The summed E-state index contributed by atoms with van der Waals surface area (Å²) in [6.07, 6.45) is 1.55. The lowest BCUT2D eigenvalue weighted by atomic mass is 10.0. The number of carbonyl (C=O) groups is 1. The van der Waals surface area contributed by atoms with Crippen molar-refractivity contribution in [3.05, 3.63) is 81.8 Å². The highest BCUT2D eigenvalue weighted by molar-refractivity contribution is 6.36. The molecule has 0 aliphatic rings. The van der Waals surface area contributed by atoms with Crippen LogP contribution in [0.5, 0.6) is 0 Å². The van der Waals surface area contributed by atoms with Gasteiger partial charge in [-0.2, -0.15) is 5.26 Å². The fraction of sp³-hybridized carbons (Fsp3) is 0. The Morgan fingerprint density at radius 2 is 1.76 bits per heavy atom. The van der Waals surface area contributed by atoms with Gasteiger partial charge in [-0.05, 0) is 46.7 Å². The minimum absolute atomic E-state index is 0.0127. The maximum absolute atomic E-state index is 12.4. The molecule has 25 heavy (non-hydrogen) atoms. The fourth-order valence-electron chi connectivity index (χ4n) is 2.39. The van der Waals surface area contributed by atoms with Crippen molar-refractivity contribution in [2.24, 2.45) is 0 Å². The summed E-state index contributed by atoms with van der Waals surface area (Å²) in [4.78, 5) is 12.4. The van der Waals surface area contributed by atoms with E-state index < -0.39 is 5.91 Å². The second-order valence-corrected chi connectivity index (χ2v) is 6.20. The molecule has 0 heterocycles. The molecule has 0 bridgehead atoms. The van der Waals surface area contributed by atoms with Gasteiger partial charge in [0.1, 0.15) is 11.6 Å². The minimum Gasteiger partial charge on any atom is -0.320 e. The number of benzene rings is 3. The monoisotopic (exact) mass is 366 g/mol. The third-order valence-electron chi connectivity index (χ3n) is 3.63. The minimum atomic E-state index is -0.528. The predicted octanol–water partition coefficient (Wildman–Crippen LogP) is 5.69. The number of nitrogens with zero attached hydrogens (tertiary/aromatic N) is 1. The molecule has 0 saturated heterocycles. The van der Waals surface area contributed by atoms with Crippen LogP contribution in [0.25, 0.3) is 16.8 Å². The molecule has 0 unspecified atom stereocenters. The number of nitrogens with one attached hydrogen (secondary N) is 1. The molecule has 0 aliphatic carbocycles. The van der Waals surface area contributed by atoms with Crippen LogP contribution >= 0.6 is 23.2 Å². The summed E-state index contributed by atoms with van der Waals surface area (Å²) in [5, 5.41) is 14.9. The van der Waals surface area contributed by atoms with Crippen molar-refractivity contribution in [1.82, 2.24) is 0 Å². The van der Waals surface area contributed by atoms with Gasteiger partial charge < -0.3 is 5.32 Å². The highest BCUT2D eigenvalue weighted by Crippen LogP contribution is 2.26. The van der Waals surface area contributed by atoms with Gasteiger partial charge in [-0.3, -0.25) is 4.79 Å². The van der Waals surface area contributed by atoms with Crippen LogP contribution < -0.4 is 5.32 Å². The summed E-state index contributed by atoms with van der Waals surface area (Å²) in [7, 11) is 0. The molecule has 0 atom stereocenters. The van der Waals surface area contributed by atoms with E-state index in [0.717, 1.165) is 16.3 Å². The van der Waals surface area contributed by atoms with E-state index in [2.05, 4.69) is 5.32 Å². The van der Waals surface area contributed by atoms with E-state index in [9.17, 15) is 10.1 Å². The van der Waals surface area contributed by atoms with Crippen LogP contribution in [0.15, 0.2) is 66.2 Å². The van der Waals surface area contributed by atoms with Gasteiger partial charge in [0, 0.05) is 5.02 Å². The van der Waals surface area contributed by atoms with Gasteiger partial charge in [0.2, 0.25) is 0 Å². The maximum Gasteiger partial charge on any atom is 0.266 e. The molecule has 0 fully saturated rings. The van der Waals surface area contributed by atoms with E-state index in [0.29, 0.717) is 15.7 Å². The van der Waals surface area contributed by atoms with Gasteiger partial charge in [-0.15, -0.1) is 0 Å². The lowest BCUT2D eigenvalue weighted by Gasteiger charge is -2.07. The Bertz CT molecular complexity index is 1040. The van der Waals surface area contributed by atoms with Gasteiger partial charge in [-0.1, -0.05) is 59.6 Å². The van der Waals surface area contributed by atoms with Gasteiger partial charge >= 0.3 is 0 Å². The number of amides is 1. The Kier molecular flexibility index (Phi) is 5.04. The van der Waals surface area contributed by atoms with E-state index >= 15 is 0 Å². The second kappa shape index (κ2) is 7.40. The summed E-state index contributed by atoms with van der Waals surface area (Å²) in [6, 6.07) is 20.3. The van der Waals surface area contributed by atoms with Gasteiger partial charge in [0.25, 0.3) is 5.91 Å². The standard InChI is InChI=1S/C20H12Cl2N2O/c21-17-7-8-19(18(22)11-17)24-20(25)16(12-23)10-13-5-6-14-3-1-2-4-15(14)9-13/h1-11H,(H,24,25)/b16-10+. The molecule has 122 valence electrons. The molecule has 0 aromatic heterocycles. The number of rotatable bonds is 3. The Morgan fingerprint density at radius 1 is 1.00 bits per heavy atom. The van der Waals surface area contributed by atoms with Crippen molar-refractivity contribution < 1.29 is 4.79 Å². The van der Waals surface area contributed by atoms with Crippen LogP contribution in [0.3, 0.4) is 0 Å². The smallest absolute Gasteiger partial charge is 0.266 e. The van der Waals surface area contributed by atoms with Crippen LogP contribution in [0.2, 0.25) is 10.0 Å². The summed E-state index contributed by atoms with van der Waals surface area (Å²) < 4.78 is 0. The van der Waals surface area contributed by atoms with E-state index in [1.54, 1.807) is 18.2 Å². The molecule has 0 aliphatic heterocycles. The van der Waals surface area contributed by atoms with E-state index in [1.807, 2.05) is 48.5 Å². The molecular weight excluding hydrogens is 355 g/mol. The third kappa shape index (κ3) is 4.00. The zero-order chi connectivity index (χ0) is 17.8. The zero-order valence-electron chi connectivity index (χ0n) is 13.0. The number of halogens is 2. The summed E-state index contributed by atoms with van der Waals surface area (Å²) in [5.74, 6) is -0.528. The third-order valence-corrected chi connectivity index (χ3v) is 4.18. The Morgan fingerprint density at radius 3 is 2.48 bits per heavy atom. The van der Waals surface area contributed by atoms with Crippen molar-refractivity contribution in [2.75, 3.05) is 5.32 Å². The average Bonchev–Trinajstić information content (AvgIpc) is 2.61. The highest BCUT2D eigenvalue weighted by atomic mass is 35.5. The first-order valence-electron chi connectivity index (χ1n) is 7.44. The molecular formula is C20H12Cl2N2O. The molecule has 5 heteroatoms. The average molecular weight is 367 g/mol. The number of hydrogen-bond donors (Lipinski definition) is 1. The normalized spacial score (nSPS) is 11.2. The van der Waals surface area contributed by atoms with Crippen LogP contribution in [0, 0.1) is 11.3 Å². The molecule has 3 nitrogen and oxygen atoms in total. The molecule has 3 aromatic rings. The van der Waals surface area contributed by atoms with Crippen LogP contribution in [0.4, 0.5) is 5.69 Å². The molecule has 1 N–H and O–H groups in total. The molecule has 3 rings (SSSR count). The van der Waals surface area contributed by atoms with Crippen molar-refractivity contribution in [1.29, 1.82) is 5.26 Å². The van der Waals surface area contributed by atoms with Crippen molar-refractivity contribution in [3.8, 4) is 6.07 Å². The molecule has 0 saturated carbocycles. The molecule has 1 amide bonds. The first-order valence-corrected chi connectivity index (χ1v) is 8.19. The first kappa shape index (κ1) is 17.0. The van der Waals surface area contributed by atoms with Crippen LogP contribution in [-0.4, -0.2) is 5.91 Å². The quantitative estimate of drug-likeness (QED) is 0.477. The highest BCUT2D eigenvalue weighted by Gasteiger charge is 2.12. The van der Waals surface area contributed by atoms with Crippen molar-refractivity contribution in [2.45, 2.75) is 0 Å². The van der Waals surface area contributed by atoms with E-state index in [-0.39, 0.29) is 5.57 Å². The Labute approximate surface area is 155 Å². The van der Waals surface area contributed by atoms with Crippen LogP contribution in [0.1, 0.15) is 5.56 Å². The Hall–Kier alpha value is -2.80. The summed E-state index contributed by atoms with van der Waals surface area (Å²) >= 11 is 11.9. The topological polar surface area (TPSA) is 52.9 Å². The lowest BCUT2D eigenvalue weighted by Crippen LogP contribution is -2.13. The SMILES string of the molecule is N#C/C(=C\c1ccc2ccccc2c1)C(=O)Nc1ccc(Cl)cc1Cl. The number of hydrogen-bond acceptors (Lipinski definition) is 2. The van der Waals surface area contributed by atoms with E-state index in [4.69, 9.17) is 23.2 Å². The largest absolute Gasteiger partial charge is 0.320 e.